The third-order valence-electron chi connectivity index (χ3n) is 1.35. The molecule has 0 unspecified atom stereocenters. The first kappa shape index (κ1) is 9.55. The fourth-order valence-electron chi connectivity index (χ4n) is 0.808. The first-order valence-electron chi connectivity index (χ1n) is 3.34. The van der Waals surface area contributed by atoms with Crippen LogP contribution in [0.4, 0.5) is 0 Å². The Labute approximate surface area is 85.0 Å². The van der Waals surface area contributed by atoms with Gasteiger partial charge >= 0.3 is 0 Å². The lowest BCUT2D eigenvalue weighted by molar-refractivity contribution is -0.104. The summed E-state index contributed by atoms with van der Waals surface area (Å²) in [5, 5.41) is 0. The molecule has 1 aromatic carbocycles. The first-order valence-corrected chi connectivity index (χ1v) is 4.58. The van der Waals surface area contributed by atoms with Gasteiger partial charge in [0.2, 0.25) is 0 Å². The highest BCUT2D eigenvalue weighted by Crippen LogP contribution is 2.20. The Hall–Kier alpha value is -0.540. The maximum Gasteiger partial charge on any atom is 0.143 e. The van der Waals surface area contributed by atoms with Crippen LogP contribution in [0.5, 0.6) is 0 Å². The van der Waals surface area contributed by atoms with Gasteiger partial charge in [-0.2, -0.15) is 0 Å². The predicted molar refractivity (Wildman–Crippen MR) is 57.2 cm³/mol. The van der Waals surface area contributed by atoms with E-state index >= 15 is 0 Å². The quantitative estimate of drug-likeness (QED) is 0.480. The van der Waals surface area contributed by atoms with E-state index in [4.69, 9.17) is 0 Å². The summed E-state index contributed by atoms with van der Waals surface area (Å²) in [6.07, 6.45) is 2.15. The number of halogens is 1. The fourth-order valence-corrected chi connectivity index (χ4v) is 1.41. The Morgan fingerprint density at radius 3 is 2.83 bits per heavy atom. The normalized spacial score (nSPS) is 11.3. The summed E-state index contributed by atoms with van der Waals surface area (Å²) in [5.41, 5.74) is 0.930. The van der Waals surface area contributed by atoms with Crippen molar-refractivity contribution in [3.63, 3.8) is 0 Å². The molecule has 0 radical (unpaired) electrons. The van der Waals surface area contributed by atoms with Crippen LogP contribution in [0.2, 0.25) is 0 Å². The zero-order chi connectivity index (χ0) is 8.97. The molecule has 0 N–H and O–H groups in total. The maximum absolute atomic E-state index is 10.1. The molecule has 0 atom stereocenters. The van der Waals surface area contributed by atoms with Crippen LogP contribution in [0, 0.1) is 0 Å². The number of carbonyl (C=O) groups excluding carboxylic acids is 1. The lowest BCUT2D eigenvalue weighted by Gasteiger charge is -1.98. The van der Waals surface area contributed by atoms with Gasteiger partial charge in [0.1, 0.15) is 6.29 Å². The van der Waals surface area contributed by atoms with Gasteiger partial charge < -0.3 is 0 Å². The summed E-state index contributed by atoms with van der Waals surface area (Å²) in [7, 11) is 0. The Morgan fingerprint density at radius 1 is 1.50 bits per heavy atom. The summed E-state index contributed by atoms with van der Waals surface area (Å²) in [5.74, 6) is 0. The molecular formula is C9H7BrOS. The molecule has 0 aliphatic carbocycles. The number of carbonyl (C=O) groups is 1. The number of thiol groups is 1. The number of hydrogen-bond donors (Lipinski definition) is 1. The Kier molecular flexibility index (Phi) is 3.56. The van der Waals surface area contributed by atoms with Crippen molar-refractivity contribution in [2.45, 2.75) is 0 Å². The molecule has 0 heterocycles. The van der Waals surface area contributed by atoms with E-state index in [1.54, 1.807) is 0 Å². The molecule has 0 aliphatic heterocycles. The van der Waals surface area contributed by atoms with E-state index in [1.165, 1.54) is 6.08 Å². The van der Waals surface area contributed by atoms with Crippen molar-refractivity contribution < 1.29 is 4.79 Å². The van der Waals surface area contributed by atoms with Gasteiger partial charge in [-0.05, 0) is 23.8 Å². The molecule has 0 aromatic heterocycles. The fraction of sp³-hybridized carbons (Fsp3) is 0. The molecule has 0 aliphatic rings. The zero-order valence-corrected chi connectivity index (χ0v) is 8.68. The second kappa shape index (κ2) is 4.48. The monoisotopic (exact) mass is 242 g/mol. The molecule has 1 aromatic rings. The molecule has 0 saturated heterocycles. The van der Waals surface area contributed by atoms with Crippen LogP contribution in [-0.2, 0) is 4.79 Å². The van der Waals surface area contributed by atoms with Crippen molar-refractivity contribution in [3.8, 4) is 0 Å². The molecule has 0 saturated carbocycles. The third kappa shape index (κ3) is 2.50. The highest BCUT2D eigenvalue weighted by molar-refractivity contribution is 9.10. The minimum Gasteiger partial charge on any atom is -0.299 e. The van der Waals surface area contributed by atoms with Crippen molar-refractivity contribution in [2.24, 2.45) is 0 Å². The van der Waals surface area contributed by atoms with Gasteiger partial charge in [0.15, 0.2) is 0 Å². The molecular weight excluding hydrogens is 236 g/mol. The van der Waals surface area contributed by atoms with Gasteiger partial charge in [-0.3, -0.25) is 4.79 Å². The minimum absolute atomic E-state index is 0.673. The molecule has 0 bridgehead atoms. The first-order chi connectivity index (χ1) is 5.74. The van der Waals surface area contributed by atoms with Crippen molar-refractivity contribution in [3.05, 3.63) is 40.4 Å². The Balaban J connectivity index is 3.03. The topological polar surface area (TPSA) is 17.1 Å². The minimum atomic E-state index is 0.673. The van der Waals surface area contributed by atoms with Crippen molar-refractivity contribution in [1.29, 1.82) is 0 Å². The van der Waals surface area contributed by atoms with E-state index in [2.05, 4.69) is 28.6 Å². The van der Waals surface area contributed by atoms with E-state index in [1.807, 2.05) is 24.3 Å². The van der Waals surface area contributed by atoms with E-state index in [9.17, 15) is 4.79 Å². The Bertz CT molecular complexity index is 320. The van der Waals surface area contributed by atoms with Gasteiger partial charge in [0, 0.05) is 9.38 Å². The van der Waals surface area contributed by atoms with Crippen LogP contribution >= 0.6 is 28.6 Å². The number of aldehydes is 1. The van der Waals surface area contributed by atoms with Gasteiger partial charge in [0.05, 0.1) is 0 Å². The summed E-state index contributed by atoms with van der Waals surface area (Å²) in [6, 6.07) is 7.62. The second-order valence-electron chi connectivity index (χ2n) is 2.20. The average Bonchev–Trinajstić information content (AvgIpc) is 2.05. The SMILES string of the molecule is O=C/C=C(\S)c1cccc(Br)c1. The molecule has 3 heteroatoms. The van der Waals surface area contributed by atoms with E-state index in [0.717, 1.165) is 16.3 Å². The van der Waals surface area contributed by atoms with Crippen molar-refractivity contribution in [1.82, 2.24) is 0 Å². The molecule has 12 heavy (non-hydrogen) atoms. The second-order valence-corrected chi connectivity index (χ2v) is 3.60. The molecule has 62 valence electrons. The highest BCUT2D eigenvalue weighted by atomic mass is 79.9. The van der Waals surface area contributed by atoms with Gasteiger partial charge in [0.25, 0.3) is 0 Å². The summed E-state index contributed by atoms with van der Waals surface area (Å²) in [6.45, 7) is 0. The largest absolute Gasteiger partial charge is 0.299 e. The van der Waals surface area contributed by atoms with E-state index in [-0.39, 0.29) is 0 Å². The van der Waals surface area contributed by atoms with E-state index in [0.29, 0.717) is 4.91 Å². The number of allylic oxidation sites excluding steroid dienone is 1. The van der Waals surface area contributed by atoms with Crippen LogP contribution in [0.1, 0.15) is 5.56 Å². The number of rotatable bonds is 2. The molecule has 1 nitrogen and oxygen atoms in total. The van der Waals surface area contributed by atoms with Crippen LogP contribution in [0.25, 0.3) is 4.91 Å². The van der Waals surface area contributed by atoms with Crippen LogP contribution in [-0.4, -0.2) is 6.29 Å². The maximum atomic E-state index is 10.1. The van der Waals surface area contributed by atoms with Gasteiger partial charge in [-0.15, -0.1) is 12.6 Å². The number of hydrogen-bond acceptors (Lipinski definition) is 2. The van der Waals surface area contributed by atoms with Crippen LogP contribution < -0.4 is 0 Å². The van der Waals surface area contributed by atoms with Crippen LogP contribution in [0.15, 0.2) is 34.8 Å². The van der Waals surface area contributed by atoms with E-state index < -0.39 is 0 Å². The zero-order valence-electron chi connectivity index (χ0n) is 6.20. The van der Waals surface area contributed by atoms with Crippen molar-refractivity contribution >= 4 is 39.8 Å². The van der Waals surface area contributed by atoms with Gasteiger partial charge in [-0.1, -0.05) is 28.1 Å². The average molecular weight is 243 g/mol. The summed E-state index contributed by atoms with van der Waals surface area (Å²) in [4.78, 5) is 10.8. The van der Waals surface area contributed by atoms with Crippen LogP contribution in [0.3, 0.4) is 0 Å². The molecule has 1 rings (SSSR count). The highest BCUT2D eigenvalue weighted by Gasteiger charge is 1.95. The number of benzene rings is 1. The standard InChI is InChI=1S/C9H7BrOS/c10-8-3-1-2-7(6-8)9(12)4-5-11/h1-6,12H/b9-4-. The summed E-state index contributed by atoms with van der Waals surface area (Å²) < 4.78 is 0.978. The molecule has 0 spiro atoms. The van der Waals surface area contributed by atoms with Gasteiger partial charge in [-0.25, -0.2) is 0 Å². The molecule has 0 fully saturated rings. The third-order valence-corrected chi connectivity index (χ3v) is 2.25. The Morgan fingerprint density at radius 2 is 2.25 bits per heavy atom. The predicted octanol–water partition coefficient (Wildman–Crippen LogP) is 2.92. The summed E-state index contributed by atoms with van der Waals surface area (Å²) >= 11 is 7.49. The smallest absolute Gasteiger partial charge is 0.143 e. The molecule has 0 amide bonds. The lowest BCUT2D eigenvalue weighted by atomic mass is 10.2. The van der Waals surface area contributed by atoms with Crippen molar-refractivity contribution in [2.75, 3.05) is 0 Å². The lowest BCUT2D eigenvalue weighted by Crippen LogP contribution is -1.77.